The summed E-state index contributed by atoms with van der Waals surface area (Å²) in [4.78, 5) is 17.7. The fourth-order valence-corrected chi connectivity index (χ4v) is 7.30. The third kappa shape index (κ3) is 4.81. The first kappa shape index (κ1) is 19.7. The Bertz CT molecular complexity index is 442. The Kier molecular flexibility index (Phi) is 7.27. The van der Waals surface area contributed by atoms with Gasteiger partial charge in [0.15, 0.2) is 0 Å². The Morgan fingerprint density at radius 1 is 1.08 bits per heavy atom. The third-order valence-electron chi connectivity index (χ3n) is 6.60. The normalized spacial score (nSPS) is 36.1. The molecule has 2 saturated carbocycles. The SMILES string of the molecule is CCCC(=O)C1CCC2SC3CCCCC3N(CCCN(C)C)C2C1. The van der Waals surface area contributed by atoms with Gasteiger partial charge in [0.05, 0.1) is 0 Å². The fourth-order valence-electron chi connectivity index (χ4n) is 5.36. The quantitative estimate of drug-likeness (QED) is 0.673. The molecule has 0 aromatic rings. The molecule has 4 heteroatoms. The molecule has 0 bridgehead atoms. The first-order valence-electron chi connectivity index (χ1n) is 10.7. The van der Waals surface area contributed by atoms with Crippen molar-refractivity contribution in [1.29, 1.82) is 0 Å². The Balaban J connectivity index is 1.69. The molecular weight excluding hydrogens is 328 g/mol. The largest absolute Gasteiger partial charge is 0.309 e. The zero-order valence-corrected chi connectivity index (χ0v) is 17.4. The molecule has 3 aliphatic rings. The lowest BCUT2D eigenvalue weighted by molar-refractivity contribution is -0.124. The van der Waals surface area contributed by atoms with Crippen molar-refractivity contribution in [2.75, 3.05) is 27.2 Å². The predicted octanol–water partition coefficient (Wildman–Crippen LogP) is 4.20. The summed E-state index contributed by atoms with van der Waals surface area (Å²) in [5.41, 5.74) is 0. The van der Waals surface area contributed by atoms with Crippen LogP contribution in [0.4, 0.5) is 0 Å². The van der Waals surface area contributed by atoms with E-state index in [1.54, 1.807) is 0 Å². The number of hydrogen-bond donors (Lipinski definition) is 0. The van der Waals surface area contributed by atoms with E-state index in [4.69, 9.17) is 0 Å². The number of nitrogens with zero attached hydrogens (tertiary/aromatic N) is 2. The zero-order chi connectivity index (χ0) is 17.8. The van der Waals surface area contributed by atoms with Crippen LogP contribution < -0.4 is 0 Å². The van der Waals surface area contributed by atoms with Crippen molar-refractivity contribution in [1.82, 2.24) is 9.80 Å². The van der Waals surface area contributed by atoms with E-state index in [-0.39, 0.29) is 0 Å². The van der Waals surface area contributed by atoms with Crippen LogP contribution in [0.1, 0.15) is 71.1 Å². The molecule has 1 heterocycles. The highest BCUT2D eigenvalue weighted by Crippen LogP contribution is 2.47. The van der Waals surface area contributed by atoms with E-state index in [0.29, 0.717) is 17.7 Å². The van der Waals surface area contributed by atoms with Crippen LogP contribution in [0.15, 0.2) is 0 Å². The van der Waals surface area contributed by atoms with E-state index in [0.717, 1.165) is 42.2 Å². The number of hydrogen-bond acceptors (Lipinski definition) is 4. The van der Waals surface area contributed by atoms with Crippen LogP contribution >= 0.6 is 11.8 Å². The molecule has 144 valence electrons. The molecule has 0 aromatic carbocycles. The summed E-state index contributed by atoms with van der Waals surface area (Å²) in [7, 11) is 4.36. The van der Waals surface area contributed by atoms with Gasteiger partial charge in [0, 0.05) is 41.5 Å². The topological polar surface area (TPSA) is 23.6 Å². The van der Waals surface area contributed by atoms with Gasteiger partial charge < -0.3 is 4.90 Å². The molecule has 3 fully saturated rings. The maximum Gasteiger partial charge on any atom is 0.136 e. The van der Waals surface area contributed by atoms with Gasteiger partial charge in [-0.25, -0.2) is 0 Å². The van der Waals surface area contributed by atoms with Crippen LogP contribution in [0.5, 0.6) is 0 Å². The molecule has 0 aromatic heterocycles. The van der Waals surface area contributed by atoms with E-state index in [2.05, 4.69) is 42.6 Å². The summed E-state index contributed by atoms with van der Waals surface area (Å²) in [5, 5.41) is 1.64. The van der Waals surface area contributed by atoms with Crippen LogP contribution in [0.2, 0.25) is 0 Å². The maximum absolute atomic E-state index is 12.5. The molecule has 25 heavy (non-hydrogen) atoms. The van der Waals surface area contributed by atoms with Gasteiger partial charge in [-0.15, -0.1) is 0 Å². The summed E-state index contributed by atoms with van der Waals surface area (Å²) >= 11 is 2.31. The van der Waals surface area contributed by atoms with E-state index < -0.39 is 0 Å². The Hall–Kier alpha value is -0.0600. The predicted molar refractivity (Wildman–Crippen MR) is 108 cm³/mol. The van der Waals surface area contributed by atoms with Gasteiger partial charge in [0.2, 0.25) is 0 Å². The molecule has 5 unspecified atom stereocenters. The second-order valence-electron chi connectivity index (χ2n) is 8.75. The highest BCUT2D eigenvalue weighted by atomic mass is 32.2. The highest BCUT2D eigenvalue weighted by Gasteiger charge is 2.46. The van der Waals surface area contributed by atoms with Crippen molar-refractivity contribution >= 4 is 17.5 Å². The molecule has 1 saturated heterocycles. The molecule has 3 nitrogen and oxygen atoms in total. The van der Waals surface area contributed by atoms with Crippen molar-refractivity contribution in [2.45, 2.75) is 93.7 Å². The van der Waals surface area contributed by atoms with E-state index in [9.17, 15) is 4.79 Å². The van der Waals surface area contributed by atoms with Crippen molar-refractivity contribution in [3.05, 3.63) is 0 Å². The van der Waals surface area contributed by atoms with E-state index >= 15 is 0 Å². The lowest BCUT2D eigenvalue weighted by Crippen LogP contribution is -2.60. The number of thioether (sulfide) groups is 1. The van der Waals surface area contributed by atoms with Crippen LogP contribution in [-0.2, 0) is 4.79 Å². The fraction of sp³-hybridized carbons (Fsp3) is 0.952. The van der Waals surface area contributed by atoms with Gasteiger partial charge in [-0.1, -0.05) is 19.8 Å². The van der Waals surface area contributed by atoms with Gasteiger partial charge in [-0.05, 0) is 65.6 Å². The average molecular weight is 367 g/mol. The minimum atomic E-state index is 0.346. The highest BCUT2D eigenvalue weighted by molar-refractivity contribution is 8.00. The number of rotatable bonds is 7. The molecular formula is C21H38N2OS. The van der Waals surface area contributed by atoms with Crippen LogP contribution in [0.25, 0.3) is 0 Å². The summed E-state index contributed by atoms with van der Waals surface area (Å²) in [6.07, 6.45) is 12.3. The minimum absolute atomic E-state index is 0.346. The molecule has 0 spiro atoms. The molecule has 0 N–H and O–H groups in total. The summed E-state index contributed by atoms with van der Waals surface area (Å²) < 4.78 is 0. The average Bonchev–Trinajstić information content (AvgIpc) is 2.60. The summed E-state index contributed by atoms with van der Waals surface area (Å²) in [6, 6.07) is 1.44. The van der Waals surface area contributed by atoms with Crippen molar-refractivity contribution in [2.24, 2.45) is 5.92 Å². The second kappa shape index (κ2) is 9.23. The number of fused-ring (bicyclic) bond motifs is 2. The van der Waals surface area contributed by atoms with Crippen LogP contribution in [0, 0.1) is 5.92 Å². The van der Waals surface area contributed by atoms with Crippen molar-refractivity contribution in [3.8, 4) is 0 Å². The Labute approximate surface area is 159 Å². The summed E-state index contributed by atoms with van der Waals surface area (Å²) in [5.74, 6) is 0.892. The number of Topliss-reactive ketones (excluding diaryl/α,β-unsaturated/α-hetero) is 1. The number of carbonyl (C=O) groups excluding carboxylic acids is 1. The third-order valence-corrected chi connectivity index (χ3v) is 8.40. The van der Waals surface area contributed by atoms with Gasteiger partial charge in [-0.2, -0.15) is 11.8 Å². The Morgan fingerprint density at radius 3 is 2.60 bits per heavy atom. The Morgan fingerprint density at radius 2 is 1.84 bits per heavy atom. The zero-order valence-electron chi connectivity index (χ0n) is 16.6. The van der Waals surface area contributed by atoms with Gasteiger partial charge in [0.1, 0.15) is 5.78 Å². The molecule has 2 aliphatic carbocycles. The molecule has 0 amide bonds. The first-order valence-corrected chi connectivity index (χ1v) is 11.6. The minimum Gasteiger partial charge on any atom is -0.309 e. The second-order valence-corrected chi connectivity index (χ2v) is 10.2. The molecule has 5 atom stereocenters. The molecule has 3 rings (SSSR count). The van der Waals surface area contributed by atoms with Crippen molar-refractivity contribution in [3.63, 3.8) is 0 Å². The maximum atomic E-state index is 12.5. The molecule has 0 radical (unpaired) electrons. The van der Waals surface area contributed by atoms with Crippen LogP contribution in [0.3, 0.4) is 0 Å². The van der Waals surface area contributed by atoms with Crippen LogP contribution in [-0.4, -0.2) is 65.4 Å². The molecule has 1 aliphatic heterocycles. The number of carbonyl (C=O) groups is 1. The lowest BCUT2D eigenvalue weighted by Gasteiger charge is -2.54. The summed E-state index contributed by atoms with van der Waals surface area (Å²) in [6.45, 7) is 4.55. The number of ketones is 1. The van der Waals surface area contributed by atoms with Gasteiger partial charge in [0.25, 0.3) is 0 Å². The van der Waals surface area contributed by atoms with Gasteiger partial charge in [-0.3, -0.25) is 9.69 Å². The monoisotopic (exact) mass is 366 g/mol. The lowest BCUT2D eigenvalue weighted by atomic mass is 9.79. The van der Waals surface area contributed by atoms with E-state index in [1.807, 2.05) is 0 Å². The van der Waals surface area contributed by atoms with Crippen molar-refractivity contribution < 1.29 is 4.79 Å². The van der Waals surface area contributed by atoms with Gasteiger partial charge >= 0.3 is 0 Å². The van der Waals surface area contributed by atoms with E-state index in [1.165, 1.54) is 51.6 Å². The smallest absolute Gasteiger partial charge is 0.136 e. The first-order chi connectivity index (χ1) is 12.1. The standard InChI is InChI=1S/C21H38N2OS/c1-4-8-19(24)16-11-12-21-18(15-16)23(14-7-13-22(2)3)17-9-5-6-10-20(17)25-21/h16-18,20-21H,4-15H2,1-3H3.